The van der Waals surface area contributed by atoms with Gasteiger partial charge in [0, 0.05) is 28.8 Å². The fraction of sp³-hybridized carbons (Fsp3) is 0.0667. The molecular formula is C15H7F3O2. The molecule has 0 spiro atoms. The van der Waals surface area contributed by atoms with Gasteiger partial charge < -0.3 is 0 Å². The first-order chi connectivity index (χ1) is 9.50. The maximum atomic E-state index is 13.7. The molecule has 2 aromatic rings. The van der Waals surface area contributed by atoms with Crippen LogP contribution < -0.4 is 0 Å². The van der Waals surface area contributed by atoms with E-state index in [-0.39, 0.29) is 11.1 Å². The molecule has 2 nitrogen and oxygen atoms in total. The summed E-state index contributed by atoms with van der Waals surface area (Å²) in [5.41, 5.74) is -0.436. The number of benzene rings is 2. The van der Waals surface area contributed by atoms with Gasteiger partial charge in [0.2, 0.25) is 0 Å². The van der Waals surface area contributed by atoms with Gasteiger partial charge in [-0.2, -0.15) is 0 Å². The zero-order valence-electron chi connectivity index (χ0n) is 9.99. The Morgan fingerprint density at radius 3 is 1.70 bits per heavy atom. The number of carbonyl (C=O) groups excluding carboxylic acids is 2. The van der Waals surface area contributed by atoms with Crippen LogP contribution in [0.2, 0.25) is 0 Å². The molecule has 0 unspecified atom stereocenters. The normalized spacial score (nSPS) is 14.8. The number of rotatable bonds is 1. The molecule has 0 bridgehead atoms. The van der Waals surface area contributed by atoms with Gasteiger partial charge in [0.15, 0.2) is 11.6 Å². The molecule has 1 aliphatic carbocycles. The predicted octanol–water partition coefficient (Wildman–Crippen LogP) is 3.27. The lowest BCUT2D eigenvalue weighted by molar-refractivity contribution is 0.0885. The second-order valence-corrected chi connectivity index (χ2v) is 4.49. The van der Waals surface area contributed by atoms with Gasteiger partial charge in [-0.15, -0.1) is 0 Å². The van der Waals surface area contributed by atoms with Crippen molar-refractivity contribution in [3.8, 4) is 0 Å². The standard InChI is InChI=1S/C15H7F3O2/c16-7-5-10(17)12(11(18)6-7)13-14(19)8-3-1-2-4-9(8)15(13)20/h1-6,13H. The van der Waals surface area contributed by atoms with E-state index in [0.717, 1.165) is 0 Å². The zero-order valence-corrected chi connectivity index (χ0v) is 9.99. The van der Waals surface area contributed by atoms with Crippen LogP contribution in [0.4, 0.5) is 13.2 Å². The fourth-order valence-electron chi connectivity index (χ4n) is 2.43. The lowest BCUT2D eigenvalue weighted by Gasteiger charge is -2.10. The molecule has 5 heteroatoms. The van der Waals surface area contributed by atoms with Crippen LogP contribution in [0.25, 0.3) is 0 Å². The average molecular weight is 276 g/mol. The highest BCUT2D eigenvalue weighted by molar-refractivity contribution is 6.29. The summed E-state index contributed by atoms with van der Waals surface area (Å²) in [4.78, 5) is 24.3. The quantitative estimate of drug-likeness (QED) is 0.749. The number of hydrogen-bond acceptors (Lipinski definition) is 2. The molecule has 0 fully saturated rings. The molecule has 0 atom stereocenters. The van der Waals surface area contributed by atoms with Crippen molar-refractivity contribution in [3.05, 3.63) is 70.5 Å². The van der Waals surface area contributed by atoms with Crippen LogP contribution in [-0.2, 0) is 0 Å². The number of carbonyl (C=O) groups is 2. The summed E-state index contributed by atoms with van der Waals surface area (Å²) >= 11 is 0. The number of halogens is 3. The van der Waals surface area contributed by atoms with E-state index in [1.54, 1.807) is 12.1 Å². The summed E-state index contributed by atoms with van der Waals surface area (Å²) in [7, 11) is 0. The third-order valence-corrected chi connectivity index (χ3v) is 3.31. The van der Waals surface area contributed by atoms with E-state index < -0.39 is 40.5 Å². The summed E-state index contributed by atoms with van der Waals surface area (Å²) < 4.78 is 40.4. The lowest BCUT2D eigenvalue weighted by atomic mass is 9.93. The van der Waals surface area contributed by atoms with Gasteiger partial charge in [-0.05, 0) is 0 Å². The molecule has 2 aromatic carbocycles. The van der Waals surface area contributed by atoms with Crippen molar-refractivity contribution in [1.29, 1.82) is 0 Å². The van der Waals surface area contributed by atoms with Crippen molar-refractivity contribution in [2.24, 2.45) is 0 Å². The summed E-state index contributed by atoms with van der Waals surface area (Å²) in [5.74, 6) is -6.49. The van der Waals surface area contributed by atoms with E-state index in [1.165, 1.54) is 12.1 Å². The molecule has 3 rings (SSSR count). The van der Waals surface area contributed by atoms with Crippen LogP contribution in [0.15, 0.2) is 36.4 Å². The second kappa shape index (κ2) is 4.30. The fourth-order valence-corrected chi connectivity index (χ4v) is 2.43. The van der Waals surface area contributed by atoms with Crippen molar-refractivity contribution in [2.75, 3.05) is 0 Å². The Morgan fingerprint density at radius 2 is 1.25 bits per heavy atom. The Labute approximate surface area is 111 Å². The van der Waals surface area contributed by atoms with Gasteiger partial charge in [-0.3, -0.25) is 9.59 Å². The third kappa shape index (κ3) is 1.66. The smallest absolute Gasteiger partial charge is 0.179 e. The number of Topliss-reactive ketones (excluding diaryl/α,β-unsaturated/α-hetero) is 2. The number of ketones is 2. The van der Waals surface area contributed by atoms with Crippen molar-refractivity contribution in [3.63, 3.8) is 0 Å². The molecule has 0 amide bonds. The molecule has 0 saturated carbocycles. The first-order valence-corrected chi connectivity index (χ1v) is 5.82. The van der Waals surface area contributed by atoms with Crippen molar-refractivity contribution < 1.29 is 22.8 Å². The Balaban J connectivity index is 2.19. The average Bonchev–Trinajstić information content (AvgIpc) is 2.64. The Kier molecular flexibility index (Phi) is 2.71. The van der Waals surface area contributed by atoms with Gasteiger partial charge in [0.1, 0.15) is 23.4 Å². The first kappa shape index (κ1) is 12.6. The molecule has 0 aromatic heterocycles. The van der Waals surface area contributed by atoms with Crippen molar-refractivity contribution in [2.45, 2.75) is 5.92 Å². The predicted molar refractivity (Wildman–Crippen MR) is 64.2 cm³/mol. The summed E-state index contributed by atoms with van der Waals surface area (Å²) in [5, 5.41) is 0. The van der Waals surface area contributed by atoms with E-state index >= 15 is 0 Å². The molecule has 0 saturated heterocycles. The van der Waals surface area contributed by atoms with Crippen LogP contribution >= 0.6 is 0 Å². The molecule has 0 heterocycles. The monoisotopic (exact) mass is 276 g/mol. The van der Waals surface area contributed by atoms with Crippen molar-refractivity contribution >= 4 is 11.6 Å². The topological polar surface area (TPSA) is 34.1 Å². The summed E-state index contributed by atoms with van der Waals surface area (Å²) in [6.07, 6.45) is 0. The van der Waals surface area contributed by atoms with Crippen LogP contribution in [0, 0.1) is 17.5 Å². The van der Waals surface area contributed by atoms with Gasteiger partial charge >= 0.3 is 0 Å². The van der Waals surface area contributed by atoms with Crippen LogP contribution in [0.3, 0.4) is 0 Å². The Hall–Kier alpha value is -2.43. The van der Waals surface area contributed by atoms with Crippen molar-refractivity contribution in [1.82, 2.24) is 0 Å². The maximum Gasteiger partial charge on any atom is 0.179 e. The Bertz CT molecular complexity index is 695. The van der Waals surface area contributed by atoms with Crippen LogP contribution in [0.1, 0.15) is 32.2 Å². The highest BCUT2D eigenvalue weighted by Crippen LogP contribution is 2.36. The molecule has 0 N–H and O–H groups in total. The highest BCUT2D eigenvalue weighted by atomic mass is 19.1. The first-order valence-electron chi connectivity index (χ1n) is 5.82. The molecule has 20 heavy (non-hydrogen) atoms. The van der Waals surface area contributed by atoms with Gasteiger partial charge in [0.05, 0.1) is 0 Å². The zero-order chi connectivity index (χ0) is 14.4. The molecular weight excluding hydrogens is 269 g/mol. The molecule has 100 valence electrons. The highest BCUT2D eigenvalue weighted by Gasteiger charge is 2.42. The third-order valence-electron chi connectivity index (χ3n) is 3.31. The van der Waals surface area contributed by atoms with E-state index in [4.69, 9.17) is 0 Å². The minimum absolute atomic E-state index is 0.130. The van der Waals surface area contributed by atoms with Crippen LogP contribution in [-0.4, -0.2) is 11.6 Å². The maximum absolute atomic E-state index is 13.7. The number of fused-ring (bicyclic) bond motifs is 1. The lowest BCUT2D eigenvalue weighted by Crippen LogP contribution is -2.16. The summed E-state index contributed by atoms with van der Waals surface area (Å²) in [6.45, 7) is 0. The van der Waals surface area contributed by atoms with Gasteiger partial charge in [-0.1, -0.05) is 24.3 Å². The second-order valence-electron chi connectivity index (χ2n) is 4.49. The van der Waals surface area contributed by atoms with Gasteiger partial charge in [0.25, 0.3) is 0 Å². The van der Waals surface area contributed by atoms with E-state index in [2.05, 4.69) is 0 Å². The molecule has 1 aliphatic rings. The number of hydrogen-bond donors (Lipinski definition) is 0. The van der Waals surface area contributed by atoms with E-state index in [0.29, 0.717) is 12.1 Å². The SMILES string of the molecule is O=C1c2ccccc2C(=O)C1c1c(F)cc(F)cc1F. The molecule has 0 radical (unpaired) electrons. The minimum Gasteiger partial charge on any atom is -0.293 e. The summed E-state index contributed by atoms with van der Waals surface area (Å²) in [6, 6.07) is 6.89. The van der Waals surface area contributed by atoms with Crippen LogP contribution in [0.5, 0.6) is 0 Å². The minimum atomic E-state index is -1.58. The Morgan fingerprint density at radius 1 is 0.800 bits per heavy atom. The van der Waals surface area contributed by atoms with E-state index in [9.17, 15) is 22.8 Å². The van der Waals surface area contributed by atoms with Gasteiger partial charge in [-0.25, -0.2) is 13.2 Å². The van der Waals surface area contributed by atoms with E-state index in [1.807, 2.05) is 0 Å². The molecule has 0 aliphatic heterocycles. The largest absolute Gasteiger partial charge is 0.293 e.